The van der Waals surface area contributed by atoms with E-state index in [1.807, 2.05) is 30.3 Å². The first-order chi connectivity index (χ1) is 15.2. The zero-order chi connectivity index (χ0) is 21.2. The average Bonchev–Trinajstić information content (AvgIpc) is 3.20. The Morgan fingerprint density at radius 2 is 1.77 bits per heavy atom. The number of nitrogens with two attached hydrogens (primary N) is 2. The molecule has 6 nitrogen and oxygen atoms in total. The number of aromatic nitrogens is 3. The molecule has 1 fully saturated rings. The fourth-order valence-electron chi connectivity index (χ4n) is 4.48. The molecule has 0 bridgehead atoms. The van der Waals surface area contributed by atoms with Crippen molar-refractivity contribution in [2.75, 3.05) is 5.73 Å². The summed E-state index contributed by atoms with van der Waals surface area (Å²) in [6, 6.07) is 19.0. The van der Waals surface area contributed by atoms with Gasteiger partial charge < -0.3 is 20.8 Å². The number of benzene rings is 2. The second-order valence-electron chi connectivity index (χ2n) is 8.28. The van der Waals surface area contributed by atoms with Gasteiger partial charge in [0.25, 0.3) is 0 Å². The van der Waals surface area contributed by atoms with Crippen molar-refractivity contribution >= 4 is 16.9 Å². The van der Waals surface area contributed by atoms with E-state index < -0.39 is 0 Å². The van der Waals surface area contributed by atoms with Crippen molar-refractivity contribution in [2.24, 2.45) is 5.73 Å². The van der Waals surface area contributed by atoms with E-state index in [0.717, 1.165) is 59.2 Å². The van der Waals surface area contributed by atoms with Crippen LogP contribution in [0.15, 0.2) is 67.1 Å². The normalized spacial score (nSPS) is 18.9. The van der Waals surface area contributed by atoms with Crippen LogP contribution in [-0.2, 0) is 6.61 Å². The topological polar surface area (TPSA) is 92.0 Å². The number of hydrogen-bond acceptors (Lipinski definition) is 5. The van der Waals surface area contributed by atoms with Crippen LogP contribution >= 0.6 is 0 Å². The lowest BCUT2D eigenvalue weighted by molar-refractivity contribution is 0.306. The summed E-state index contributed by atoms with van der Waals surface area (Å²) in [7, 11) is 0. The number of rotatable bonds is 5. The zero-order valence-electron chi connectivity index (χ0n) is 17.4. The molecule has 31 heavy (non-hydrogen) atoms. The Bertz CT molecular complexity index is 1180. The van der Waals surface area contributed by atoms with Gasteiger partial charge in [0, 0.05) is 23.8 Å². The van der Waals surface area contributed by atoms with E-state index >= 15 is 0 Å². The van der Waals surface area contributed by atoms with Crippen LogP contribution in [0.4, 0.5) is 5.82 Å². The maximum Gasteiger partial charge on any atom is 0.146 e. The average molecular weight is 414 g/mol. The molecule has 1 saturated carbocycles. The summed E-state index contributed by atoms with van der Waals surface area (Å²) >= 11 is 0. The third-order valence-electron chi connectivity index (χ3n) is 6.17. The maximum atomic E-state index is 6.32. The fourth-order valence-corrected chi connectivity index (χ4v) is 4.48. The third kappa shape index (κ3) is 3.99. The van der Waals surface area contributed by atoms with Crippen molar-refractivity contribution in [3.63, 3.8) is 0 Å². The van der Waals surface area contributed by atoms with E-state index in [4.69, 9.17) is 16.2 Å². The molecule has 0 spiro atoms. The van der Waals surface area contributed by atoms with Gasteiger partial charge in [0.2, 0.25) is 0 Å². The molecule has 0 atom stereocenters. The Labute approximate surface area is 181 Å². The molecule has 1 aliphatic rings. The van der Waals surface area contributed by atoms with Crippen molar-refractivity contribution in [3.05, 3.63) is 72.7 Å². The van der Waals surface area contributed by atoms with Crippen LogP contribution in [0.1, 0.15) is 37.3 Å². The molecule has 0 aliphatic heterocycles. The number of hydrogen-bond donors (Lipinski definition) is 2. The lowest BCUT2D eigenvalue weighted by atomic mass is 9.92. The van der Waals surface area contributed by atoms with Gasteiger partial charge in [-0.25, -0.2) is 9.97 Å². The molecule has 5 rings (SSSR count). The van der Waals surface area contributed by atoms with Crippen molar-refractivity contribution in [2.45, 2.75) is 44.4 Å². The second kappa shape index (κ2) is 8.40. The summed E-state index contributed by atoms with van der Waals surface area (Å²) in [6.45, 7) is 0.527. The highest BCUT2D eigenvalue weighted by Crippen LogP contribution is 2.38. The van der Waals surface area contributed by atoms with Crippen LogP contribution in [0.3, 0.4) is 0 Å². The summed E-state index contributed by atoms with van der Waals surface area (Å²) in [4.78, 5) is 8.85. The van der Waals surface area contributed by atoms with Crippen molar-refractivity contribution < 1.29 is 4.74 Å². The van der Waals surface area contributed by atoms with Crippen molar-refractivity contribution in [3.8, 4) is 16.9 Å². The minimum absolute atomic E-state index is 0.302. The van der Waals surface area contributed by atoms with E-state index in [0.29, 0.717) is 24.5 Å². The Kier molecular flexibility index (Phi) is 5.30. The molecule has 0 unspecified atom stereocenters. The number of nitrogens with zero attached hydrogens (tertiary/aromatic N) is 3. The van der Waals surface area contributed by atoms with Crippen LogP contribution in [0.5, 0.6) is 5.75 Å². The van der Waals surface area contributed by atoms with Crippen molar-refractivity contribution in [1.29, 1.82) is 0 Å². The zero-order valence-corrected chi connectivity index (χ0v) is 17.4. The van der Waals surface area contributed by atoms with Gasteiger partial charge in [-0.05, 0) is 48.9 Å². The largest absolute Gasteiger partial charge is 0.489 e. The van der Waals surface area contributed by atoms with E-state index in [9.17, 15) is 0 Å². The van der Waals surface area contributed by atoms with Crippen LogP contribution in [0, 0.1) is 0 Å². The molecule has 2 aromatic carbocycles. The molecule has 158 valence electrons. The minimum atomic E-state index is 0.302. The lowest BCUT2D eigenvalue weighted by Gasteiger charge is -2.27. The highest BCUT2D eigenvalue weighted by atomic mass is 16.5. The molecular formula is C25H27N5O. The van der Waals surface area contributed by atoms with Gasteiger partial charge in [0.05, 0.1) is 5.39 Å². The fraction of sp³-hybridized carbons (Fsp3) is 0.280. The molecule has 2 aromatic heterocycles. The number of fused-ring (bicyclic) bond motifs is 1. The first kappa shape index (κ1) is 19.6. The summed E-state index contributed by atoms with van der Waals surface area (Å²) in [5, 5.41) is 0.901. The van der Waals surface area contributed by atoms with Crippen molar-refractivity contribution in [1.82, 2.24) is 14.5 Å². The van der Waals surface area contributed by atoms with Gasteiger partial charge in [0.15, 0.2) is 0 Å². The quantitative estimate of drug-likeness (QED) is 0.495. The number of anilines is 1. The van der Waals surface area contributed by atoms with Crippen LogP contribution in [0.25, 0.3) is 22.2 Å². The maximum absolute atomic E-state index is 6.32. The SMILES string of the molecule is Nc1ncnc2c1c(-c1cccc(OCc3ccccc3)c1)cn2[C@H]1CC[C@H](N)CC1. The summed E-state index contributed by atoms with van der Waals surface area (Å²) < 4.78 is 8.32. The molecule has 0 radical (unpaired) electrons. The minimum Gasteiger partial charge on any atom is -0.489 e. The monoisotopic (exact) mass is 413 g/mol. The summed E-state index contributed by atoms with van der Waals surface area (Å²) in [5.41, 5.74) is 16.5. The van der Waals surface area contributed by atoms with Crippen LogP contribution in [-0.4, -0.2) is 20.6 Å². The predicted octanol–water partition coefficient (Wildman–Crippen LogP) is 4.70. The number of nitrogen functional groups attached to an aromatic ring is 1. The van der Waals surface area contributed by atoms with E-state index in [1.165, 1.54) is 0 Å². The predicted molar refractivity (Wildman–Crippen MR) is 124 cm³/mol. The van der Waals surface area contributed by atoms with Gasteiger partial charge in [-0.1, -0.05) is 42.5 Å². The van der Waals surface area contributed by atoms with E-state index in [1.54, 1.807) is 6.33 Å². The molecule has 0 saturated heterocycles. The first-order valence-electron chi connectivity index (χ1n) is 10.8. The molecule has 6 heteroatoms. The standard InChI is InChI=1S/C25H27N5O/c26-19-9-11-20(12-10-19)30-14-22(23-24(27)28-16-29-25(23)30)18-7-4-8-21(13-18)31-15-17-5-2-1-3-6-17/h1-8,13-14,16,19-20H,9-12,15,26H2,(H2,27,28,29)/t19-,20-. The summed E-state index contributed by atoms with van der Waals surface area (Å²) in [5.74, 6) is 1.32. The van der Waals surface area contributed by atoms with Gasteiger partial charge >= 0.3 is 0 Å². The van der Waals surface area contributed by atoms with Gasteiger partial charge in [0.1, 0.15) is 30.1 Å². The van der Waals surface area contributed by atoms with E-state index in [-0.39, 0.29) is 0 Å². The Balaban J connectivity index is 1.50. The third-order valence-corrected chi connectivity index (χ3v) is 6.17. The Hall–Kier alpha value is -3.38. The van der Waals surface area contributed by atoms with Crippen LogP contribution < -0.4 is 16.2 Å². The molecule has 2 heterocycles. The lowest BCUT2D eigenvalue weighted by Crippen LogP contribution is -2.27. The summed E-state index contributed by atoms with van der Waals surface area (Å²) in [6.07, 6.45) is 7.88. The van der Waals surface area contributed by atoms with Gasteiger partial charge in [-0.3, -0.25) is 0 Å². The van der Waals surface area contributed by atoms with Gasteiger partial charge in [-0.2, -0.15) is 0 Å². The Morgan fingerprint density at radius 1 is 0.968 bits per heavy atom. The molecule has 4 aromatic rings. The molecular weight excluding hydrogens is 386 g/mol. The van der Waals surface area contributed by atoms with Gasteiger partial charge in [-0.15, -0.1) is 0 Å². The molecule has 4 N–H and O–H groups in total. The molecule has 0 amide bonds. The van der Waals surface area contributed by atoms with Crippen LogP contribution in [0.2, 0.25) is 0 Å². The smallest absolute Gasteiger partial charge is 0.146 e. The number of ether oxygens (including phenoxy) is 1. The first-order valence-corrected chi connectivity index (χ1v) is 10.8. The second-order valence-corrected chi connectivity index (χ2v) is 8.28. The highest BCUT2D eigenvalue weighted by molar-refractivity contribution is 6.00. The highest BCUT2D eigenvalue weighted by Gasteiger charge is 2.24. The molecule has 1 aliphatic carbocycles. The van der Waals surface area contributed by atoms with E-state index in [2.05, 4.69) is 45.0 Å². The Morgan fingerprint density at radius 3 is 2.58 bits per heavy atom.